The van der Waals surface area contributed by atoms with Crippen LogP contribution in [0.5, 0.6) is 11.5 Å². The molecule has 0 radical (unpaired) electrons. The maximum atomic E-state index is 13.4. The number of nitrogens with zero attached hydrogens (tertiary/aromatic N) is 2. The summed E-state index contributed by atoms with van der Waals surface area (Å²) in [6.07, 6.45) is -2.48. The fourth-order valence-corrected chi connectivity index (χ4v) is 4.29. The van der Waals surface area contributed by atoms with Gasteiger partial charge in [0.05, 0.1) is 19.6 Å². The van der Waals surface area contributed by atoms with Gasteiger partial charge in [0.2, 0.25) is 5.91 Å². The third-order valence-electron chi connectivity index (χ3n) is 5.78. The lowest BCUT2D eigenvalue weighted by atomic mass is 9.87. The van der Waals surface area contributed by atoms with Gasteiger partial charge in [-0.3, -0.25) is 4.79 Å². The van der Waals surface area contributed by atoms with E-state index in [0.29, 0.717) is 10.8 Å². The van der Waals surface area contributed by atoms with E-state index in [2.05, 4.69) is 0 Å². The Morgan fingerprint density at radius 1 is 1.06 bits per heavy atom. The highest BCUT2D eigenvalue weighted by Gasteiger charge is 2.36. The Hall–Kier alpha value is -3.32. The minimum absolute atomic E-state index is 0.0895. The van der Waals surface area contributed by atoms with E-state index < -0.39 is 19.1 Å². The lowest BCUT2D eigenvalue weighted by molar-refractivity contribution is -0.118. The van der Waals surface area contributed by atoms with Crippen LogP contribution in [-0.4, -0.2) is 40.1 Å². The van der Waals surface area contributed by atoms with Gasteiger partial charge < -0.3 is 19.3 Å². The topological polar surface area (TPSA) is 42.0 Å². The predicted octanol–water partition coefficient (Wildman–Crippen LogP) is 5.74. The van der Waals surface area contributed by atoms with Crippen LogP contribution in [0.4, 0.5) is 20.2 Å². The number of halogens is 3. The van der Waals surface area contributed by atoms with Crippen molar-refractivity contribution >= 4 is 28.9 Å². The van der Waals surface area contributed by atoms with Crippen LogP contribution in [-0.2, 0) is 11.2 Å². The zero-order chi connectivity index (χ0) is 24.4. The first kappa shape index (κ1) is 23.8. The maximum Gasteiger partial charge on any atom is 0.272 e. The number of ether oxygens (including phenoxy) is 2. The Morgan fingerprint density at radius 3 is 2.32 bits per heavy atom. The normalized spacial score (nSPS) is 15.3. The first-order valence-corrected chi connectivity index (χ1v) is 11.1. The fraction of sp³-hybridized carbons (Fsp3) is 0.269. The molecule has 4 rings (SSSR count). The Bertz CT molecular complexity index is 1170. The van der Waals surface area contributed by atoms with Crippen LogP contribution < -0.4 is 19.3 Å². The molecule has 1 atom stereocenters. The molecule has 0 saturated carbocycles. The molecule has 34 heavy (non-hydrogen) atoms. The van der Waals surface area contributed by atoms with Gasteiger partial charge in [-0.15, -0.1) is 0 Å². The summed E-state index contributed by atoms with van der Waals surface area (Å²) < 4.78 is 36.5. The van der Waals surface area contributed by atoms with E-state index in [-0.39, 0.29) is 18.1 Å². The number of fused-ring (bicyclic) bond motifs is 1. The van der Waals surface area contributed by atoms with Crippen molar-refractivity contribution in [2.75, 3.05) is 37.6 Å². The van der Waals surface area contributed by atoms with Crippen molar-refractivity contribution in [2.45, 2.75) is 18.9 Å². The third kappa shape index (κ3) is 4.80. The summed E-state index contributed by atoms with van der Waals surface area (Å²) in [7, 11) is 5.33. The molecule has 3 aromatic rings. The molecule has 0 saturated heterocycles. The monoisotopic (exact) mass is 486 g/mol. The van der Waals surface area contributed by atoms with Crippen LogP contribution in [0.2, 0.25) is 5.02 Å². The number of hydrogen-bond acceptors (Lipinski definition) is 4. The second-order valence-electron chi connectivity index (χ2n) is 8.21. The summed E-state index contributed by atoms with van der Waals surface area (Å²) in [4.78, 5) is 17.2. The molecule has 1 aliphatic rings. The zero-order valence-corrected chi connectivity index (χ0v) is 19.9. The van der Waals surface area contributed by atoms with Gasteiger partial charge in [-0.1, -0.05) is 23.7 Å². The number of hydrogen-bond donors (Lipinski definition) is 0. The highest BCUT2D eigenvalue weighted by atomic mass is 35.5. The van der Waals surface area contributed by atoms with Crippen molar-refractivity contribution in [3.05, 3.63) is 82.4 Å². The van der Waals surface area contributed by atoms with Crippen LogP contribution in [0.15, 0.2) is 60.7 Å². The quantitative estimate of drug-likeness (QED) is 0.427. The molecule has 0 fully saturated rings. The number of amides is 1. The van der Waals surface area contributed by atoms with Crippen LogP contribution in [0.3, 0.4) is 0 Å². The van der Waals surface area contributed by atoms with Crippen LogP contribution in [0, 0.1) is 0 Å². The Balaban J connectivity index is 1.86. The first-order chi connectivity index (χ1) is 16.3. The average molecular weight is 487 g/mol. The van der Waals surface area contributed by atoms with Gasteiger partial charge in [-0.25, -0.2) is 8.78 Å². The lowest BCUT2D eigenvalue weighted by Gasteiger charge is -2.38. The first-order valence-electron chi connectivity index (χ1n) is 10.7. The largest absolute Gasteiger partial charge is 0.493 e. The molecular weight excluding hydrogens is 462 g/mol. The summed E-state index contributed by atoms with van der Waals surface area (Å²) in [5, 5.41) is 0.573. The summed E-state index contributed by atoms with van der Waals surface area (Å²) in [5.74, 6) is 0.428. The second-order valence-corrected chi connectivity index (χ2v) is 8.65. The minimum atomic E-state index is -2.62. The molecule has 1 amide bonds. The van der Waals surface area contributed by atoms with Crippen molar-refractivity contribution in [1.29, 1.82) is 0 Å². The lowest BCUT2D eigenvalue weighted by Crippen LogP contribution is -2.41. The summed E-state index contributed by atoms with van der Waals surface area (Å²) >= 11 is 6.12. The van der Waals surface area contributed by atoms with E-state index in [1.165, 1.54) is 7.11 Å². The standard InChI is InChI=1S/C26H25ClF2N2O3/c1-30(2)19-8-10-20(11-9-19)31-25(32)13-17-12-22(33-3)23(34-15-24(28)29)14-21(17)26(31)16-4-6-18(27)7-5-16/h4-12,14,24,26H,13,15H2,1-3H3. The van der Waals surface area contributed by atoms with Crippen LogP contribution >= 0.6 is 11.6 Å². The molecule has 3 aromatic carbocycles. The molecule has 5 nitrogen and oxygen atoms in total. The van der Waals surface area contributed by atoms with E-state index in [1.807, 2.05) is 55.4 Å². The van der Waals surface area contributed by atoms with Gasteiger partial charge in [-0.05, 0) is 65.2 Å². The molecule has 1 unspecified atom stereocenters. The van der Waals surface area contributed by atoms with Crippen molar-refractivity contribution < 1.29 is 23.0 Å². The van der Waals surface area contributed by atoms with Gasteiger partial charge in [-0.2, -0.15) is 0 Å². The van der Waals surface area contributed by atoms with Crippen molar-refractivity contribution in [1.82, 2.24) is 0 Å². The van der Waals surface area contributed by atoms with Gasteiger partial charge in [0, 0.05) is 30.5 Å². The SMILES string of the molecule is COc1cc2c(cc1OCC(F)F)C(c1ccc(Cl)cc1)N(c1ccc(N(C)C)cc1)C(=O)C2. The van der Waals surface area contributed by atoms with E-state index in [0.717, 1.165) is 28.1 Å². The molecular formula is C26H25ClF2N2O3. The number of carbonyl (C=O) groups excluding carboxylic acids is 1. The van der Waals surface area contributed by atoms with Crippen LogP contribution in [0.1, 0.15) is 22.7 Å². The predicted molar refractivity (Wildman–Crippen MR) is 130 cm³/mol. The fourth-order valence-electron chi connectivity index (χ4n) is 4.16. The van der Waals surface area contributed by atoms with Gasteiger partial charge in [0.1, 0.15) is 6.61 Å². The van der Waals surface area contributed by atoms with E-state index in [4.69, 9.17) is 21.1 Å². The molecule has 178 valence electrons. The summed E-state index contributed by atoms with van der Waals surface area (Å²) in [6, 6.07) is 17.8. The van der Waals surface area contributed by atoms with Crippen molar-refractivity contribution in [2.24, 2.45) is 0 Å². The average Bonchev–Trinajstić information content (AvgIpc) is 2.82. The highest BCUT2D eigenvalue weighted by Crippen LogP contribution is 2.43. The number of alkyl halides is 2. The van der Waals surface area contributed by atoms with Gasteiger partial charge >= 0.3 is 0 Å². The molecule has 8 heteroatoms. The molecule has 0 bridgehead atoms. The number of carbonyl (C=O) groups is 1. The Kier molecular flexibility index (Phi) is 6.93. The second kappa shape index (κ2) is 9.89. The Labute approximate surface area is 202 Å². The molecule has 0 spiro atoms. The number of methoxy groups -OCH3 is 1. The van der Waals surface area contributed by atoms with E-state index >= 15 is 0 Å². The third-order valence-corrected chi connectivity index (χ3v) is 6.04. The van der Waals surface area contributed by atoms with Gasteiger partial charge in [0.25, 0.3) is 6.43 Å². The Morgan fingerprint density at radius 2 is 1.74 bits per heavy atom. The summed E-state index contributed by atoms with van der Waals surface area (Å²) in [5.41, 5.74) is 4.10. The van der Waals surface area contributed by atoms with Crippen molar-refractivity contribution in [3.8, 4) is 11.5 Å². The maximum absolute atomic E-state index is 13.4. The minimum Gasteiger partial charge on any atom is -0.493 e. The number of anilines is 2. The molecule has 1 aliphatic heterocycles. The smallest absolute Gasteiger partial charge is 0.272 e. The molecule has 0 aliphatic carbocycles. The van der Waals surface area contributed by atoms with Gasteiger partial charge in [0.15, 0.2) is 11.5 Å². The summed E-state index contributed by atoms with van der Waals surface area (Å²) in [6.45, 7) is -0.755. The van der Waals surface area contributed by atoms with E-state index in [1.54, 1.807) is 29.2 Å². The molecule has 1 heterocycles. The zero-order valence-electron chi connectivity index (χ0n) is 19.1. The molecule has 0 aromatic heterocycles. The van der Waals surface area contributed by atoms with Crippen LogP contribution in [0.25, 0.3) is 0 Å². The van der Waals surface area contributed by atoms with Crippen molar-refractivity contribution in [3.63, 3.8) is 0 Å². The molecule has 0 N–H and O–H groups in total. The number of rotatable bonds is 7. The van der Waals surface area contributed by atoms with E-state index in [9.17, 15) is 13.6 Å². The number of benzene rings is 3. The highest BCUT2D eigenvalue weighted by molar-refractivity contribution is 6.30.